The minimum Gasteiger partial charge on any atom is -0.481 e. The third-order valence-electron chi connectivity index (χ3n) is 4.66. The number of hydrogen-bond acceptors (Lipinski definition) is 5. The third-order valence-corrected chi connectivity index (χ3v) is 4.66. The predicted octanol–water partition coefficient (Wildman–Crippen LogP) is 2.20. The van der Waals surface area contributed by atoms with Crippen molar-refractivity contribution in [1.29, 1.82) is 0 Å². The summed E-state index contributed by atoms with van der Waals surface area (Å²) < 4.78 is 10.9. The summed E-state index contributed by atoms with van der Waals surface area (Å²) in [7, 11) is 0. The number of aryl methyl sites for hydroxylation is 1. The molecule has 1 fully saturated rings. The van der Waals surface area contributed by atoms with Gasteiger partial charge < -0.3 is 19.2 Å². The van der Waals surface area contributed by atoms with Crippen molar-refractivity contribution >= 4 is 22.8 Å². The van der Waals surface area contributed by atoms with Gasteiger partial charge in [0.2, 0.25) is 0 Å². The van der Waals surface area contributed by atoms with Crippen molar-refractivity contribution in [2.24, 2.45) is 0 Å². The van der Waals surface area contributed by atoms with Gasteiger partial charge in [-0.3, -0.25) is 4.79 Å². The summed E-state index contributed by atoms with van der Waals surface area (Å²) in [5.74, 6) is -0.970. The van der Waals surface area contributed by atoms with E-state index in [1.807, 2.05) is 6.92 Å². The maximum Gasteiger partial charge on any atom is 0.336 e. The molecule has 2 aromatic rings. The Labute approximate surface area is 150 Å². The number of hydrogen-bond donors (Lipinski definition) is 1. The molecule has 1 aromatic carbocycles. The molecule has 7 nitrogen and oxygen atoms in total. The summed E-state index contributed by atoms with van der Waals surface area (Å²) in [6.07, 6.45) is 0.974. The Hall–Kier alpha value is -2.83. The number of rotatable bonds is 5. The van der Waals surface area contributed by atoms with Crippen molar-refractivity contribution in [3.63, 3.8) is 0 Å². The van der Waals surface area contributed by atoms with Crippen molar-refractivity contribution in [2.45, 2.75) is 45.3 Å². The molecule has 0 aliphatic carbocycles. The molecule has 0 bridgehead atoms. The lowest BCUT2D eigenvalue weighted by molar-refractivity contribution is -0.150. The number of carbonyl (C=O) groups is 2. The summed E-state index contributed by atoms with van der Waals surface area (Å²) in [6.45, 7) is 3.95. The van der Waals surface area contributed by atoms with Crippen LogP contribution < -0.4 is 10.4 Å². The largest absolute Gasteiger partial charge is 0.481 e. The van der Waals surface area contributed by atoms with Crippen LogP contribution in [-0.2, 0) is 16.0 Å². The predicted molar refractivity (Wildman–Crippen MR) is 94.3 cm³/mol. The smallest absolute Gasteiger partial charge is 0.336 e. The molecule has 1 amide bonds. The van der Waals surface area contributed by atoms with Gasteiger partial charge in [0.25, 0.3) is 5.91 Å². The highest BCUT2D eigenvalue weighted by Crippen LogP contribution is 2.25. The van der Waals surface area contributed by atoms with E-state index in [-0.39, 0.29) is 5.91 Å². The van der Waals surface area contributed by atoms with Crippen LogP contribution in [0, 0.1) is 0 Å². The average Bonchev–Trinajstić information content (AvgIpc) is 3.09. The minimum absolute atomic E-state index is 0.362. The molecule has 1 saturated heterocycles. The first-order valence-corrected chi connectivity index (χ1v) is 8.67. The van der Waals surface area contributed by atoms with Crippen molar-refractivity contribution in [2.75, 3.05) is 6.54 Å². The second-order valence-electron chi connectivity index (χ2n) is 6.39. The molecule has 2 heterocycles. The molecule has 1 aliphatic rings. The van der Waals surface area contributed by atoms with Crippen LogP contribution >= 0.6 is 0 Å². The fourth-order valence-corrected chi connectivity index (χ4v) is 3.35. The zero-order valence-electron chi connectivity index (χ0n) is 14.7. The molecule has 7 heteroatoms. The Bertz CT molecular complexity index is 903. The van der Waals surface area contributed by atoms with E-state index in [0.29, 0.717) is 37.1 Å². The van der Waals surface area contributed by atoms with E-state index >= 15 is 0 Å². The van der Waals surface area contributed by atoms with Gasteiger partial charge in [-0.15, -0.1) is 0 Å². The van der Waals surface area contributed by atoms with E-state index in [1.54, 1.807) is 25.1 Å². The van der Waals surface area contributed by atoms with E-state index in [0.717, 1.165) is 10.9 Å². The summed E-state index contributed by atoms with van der Waals surface area (Å²) in [5.41, 5.74) is 0.848. The summed E-state index contributed by atoms with van der Waals surface area (Å²) in [5, 5.41) is 10.0. The standard InChI is InChI=1S/C19H21NO6/c1-3-12-9-17(21)26-16-10-13(6-7-14(12)16)25-11(2)18(22)20-8-4-5-15(20)19(23)24/h6-7,9-11,15H,3-5,8H2,1-2H3,(H,23,24)/t11?,15-/m0/s1. The van der Waals surface area contributed by atoms with Crippen LogP contribution in [0.3, 0.4) is 0 Å². The molecule has 2 atom stereocenters. The first-order chi connectivity index (χ1) is 12.4. The second kappa shape index (κ2) is 7.19. The van der Waals surface area contributed by atoms with Gasteiger partial charge in [-0.1, -0.05) is 6.92 Å². The Morgan fingerprint density at radius 1 is 1.38 bits per heavy atom. The van der Waals surface area contributed by atoms with Crippen molar-refractivity contribution in [1.82, 2.24) is 4.90 Å². The Balaban J connectivity index is 1.81. The highest BCUT2D eigenvalue weighted by Gasteiger charge is 2.36. The molecule has 1 N–H and O–H groups in total. The average molecular weight is 359 g/mol. The molecule has 138 valence electrons. The number of carboxylic acid groups (broad SMARTS) is 1. The maximum atomic E-state index is 12.5. The first-order valence-electron chi connectivity index (χ1n) is 8.67. The van der Waals surface area contributed by atoms with Crippen LogP contribution in [0.25, 0.3) is 11.0 Å². The van der Waals surface area contributed by atoms with Crippen LogP contribution in [0.2, 0.25) is 0 Å². The molecule has 1 aromatic heterocycles. The fraction of sp³-hybridized carbons (Fsp3) is 0.421. The highest BCUT2D eigenvalue weighted by molar-refractivity contribution is 5.87. The van der Waals surface area contributed by atoms with Gasteiger partial charge in [0.1, 0.15) is 17.4 Å². The zero-order chi connectivity index (χ0) is 18.8. The van der Waals surface area contributed by atoms with E-state index in [2.05, 4.69) is 0 Å². The van der Waals surface area contributed by atoms with Crippen LogP contribution in [-0.4, -0.2) is 40.6 Å². The van der Waals surface area contributed by atoms with E-state index < -0.39 is 23.7 Å². The number of carboxylic acids is 1. The highest BCUT2D eigenvalue weighted by atomic mass is 16.5. The first kappa shape index (κ1) is 18.0. The van der Waals surface area contributed by atoms with Crippen molar-refractivity contribution in [3.05, 3.63) is 40.2 Å². The van der Waals surface area contributed by atoms with Crippen molar-refractivity contribution in [3.8, 4) is 5.75 Å². The Morgan fingerprint density at radius 2 is 2.15 bits per heavy atom. The van der Waals surface area contributed by atoms with E-state index in [9.17, 15) is 19.5 Å². The zero-order valence-corrected chi connectivity index (χ0v) is 14.7. The number of aliphatic carboxylic acids is 1. The number of ether oxygens (including phenoxy) is 1. The van der Waals surface area contributed by atoms with Gasteiger partial charge in [-0.2, -0.15) is 0 Å². The van der Waals surface area contributed by atoms with Crippen LogP contribution in [0.4, 0.5) is 0 Å². The summed E-state index contributed by atoms with van der Waals surface area (Å²) in [6, 6.07) is 5.76. The van der Waals surface area contributed by atoms with Crippen LogP contribution in [0.1, 0.15) is 32.3 Å². The number of benzene rings is 1. The third kappa shape index (κ3) is 3.42. The van der Waals surface area contributed by atoms with E-state index in [1.165, 1.54) is 11.0 Å². The number of fused-ring (bicyclic) bond motifs is 1. The van der Waals surface area contributed by atoms with Crippen LogP contribution in [0.5, 0.6) is 5.75 Å². The molecule has 1 unspecified atom stereocenters. The fourth-order valence-electron chi connectivity index (χ4n) is 3.35. The topological polar surface area (TPSA) is 97.0 Å². The van der Waals surface area contributed by atoms with Gasteiger partial charge in [-0.25, -0.2) is 9.59 Å². The number of nitrogens with zero attached hydrogens (tertiary/aromatic N) is 1. The quantitative estimate of drug-likeness (QED) is 0.822. The molecule has 0 radical (unpaired) electrons. The second-order valence-corrected chi connectivity index (χ2v) is 6.39. The summed E-state index contributed by atoms with van der Waals surface area (Å²) >= 11 is 0. The molecule has 0 spiro atoms. The monoisotopic (exact) mass is 359 g/mol. The maximum absolute atomic E-state index is 12.5. The van der Waals surface area contributed by atoms with Crippen molar-refractivity contribution < 1.29 is 23.8 Å². The molecule has 26 heavy (non-hydrogen) atoms. The van der Waals surface area contributed by atoms with Gasteiger partial charge in [-0.05, 0) is 43.9 Å². The number of carbonyl (C=O) groups excluding carboxylic acids is 1. The van der Waals surface area contributed by atoms with E-state index in [4.69, 9.17) is 9.15 Å². The number of amides is 1. The molecular weight excluding hydrogens is 338 g/mol. The van der Waals surface area contributed by atoms with Gasteiger partial charge in [0.05, 0.1) is 0 Å². The van der Waals surface area contributed by atoms with Gasteiger partial charge in [0, 0.05) is 24.1 Å². The van der Waals surface area contributed by atoms with Gasteiger partial charge in [0.15, 0.2) is 6.10 Å². The molecule has 3 rings (SSSR count). The Kier molecular flexibility index (Phi) is 4.97. The molecule has 1 aliphatic heterocycles. The number of likely N-dealkylation sites (tertiary alicyclic amines) is 1. The lowest BCUT2D eigenvalue weighted by Gasteiger charge is -2.25. The van der Waals surface area contributed by atoms with Crippen LogP contribution in [0.15, 0.2) is 33.5 Å². The lowest BCUT2D eigenvalue weighted by Crippen LogP contribution is -2.46. The van der Waals surface area contributed by atoms with Gasteiger partial charge >= 0.3 is 11.6 Å². The SMILES string of the molecule is CCc1cc(=O)oc2cc(OC(C)C(=O)N3CCC[C@H]3C(=O)O)ccc12. The lowest BCUT2D eigenvalue weighted by atomic mass is 10.1. The minimum atomic E-state index is -0.998. The summed E-state index contributed by atoms with van der Waals surface area (Å²) in [4.78, 5) is 36.8. The normalized spacial score (nSPS) is 18.1. The molecular formula is C19H21NO6. The Morgan fingerprint density at radius 3 is 2.85 bits per heavy atom. The molecule has 0 saturated carbocycles.